The van der Waals surface area contributed by atoms with Gasteiger partial charge in [0.1, 0.15) is 6.04 Å². The molecule has 0 aromatic heterocycles. The summed E-state index contributed by atoms with van der Waals surface area (Å²) in [6.45, 7) is 4.57. The van der Waals surface area contributed by atoms with E-state index in [0.717, 1.165) is 36.0 Å². The van der Waals surface area contributed by atoms with Crippen LogP contribution in [-0.2, 0) is 17.8 Å². The van der Waals surface area contributed by atoms with E-state index in [2.05, 4.69) is 12.2 Å². The first-order valence-electron chi connectivity index (χ1n) is 10.9. The summed E-state index contributed by atoms with van der Waals surface area (Å²) in [6, 6.07) is 11.0. The normalized spacial score (nSPS) is 18.9. The minimum Gasteiger partial charge on any atom is -0.493 e. The number of aryl methyl sites for hydroxylation is 1. The van der Waals surface area contributed by atoms with Gasteiger partial charge in [0.25, 0.3) is 5.91 Å². The number of ether oxygens (including phenoxy) is 2. The van der Waals surface area contributed by atoms with E-state index in [9.17, 15) is 9.59 Å². The summed E-state index contributed by atoms with van der Waals surface area (Å²) in [5, 5.41) is 3.23. The summed E-state index contributed by atoms with van der Waals surface area (Å²) in [7, 11) is 3.24. The summed E-state index contributed by atoms with van der Waals surface area (Å²) in [4.78, 5) is 28.3. The van der Waals surface area contributed by atoms with Crippen molar-refractivity contribution in [1.29, 1.82) is 0 Å². The van der Waals surface area contributed by atoms with E-state index in [1.54, 1.807) is 19.1 Å². The first-order valence-corrected chi connectivity index (χ1v) is 10.9. The molecule has 6 nitrogen and oxygen atoms in total. The summed E-state index contributed by atoms with van der Waals surface area (Å²) in [6.07, 6.45) is 2.49. The predicted octanol–water partition coefficient (Wildman–Crippen LogP) is 3.88. The highest BCUT2D eigenvalue weighted by molar-refractivity contribution is 6.01. The van der Waals surface area contributed by atoms with Crippen LogP contribution in [0.1, 0.15) is 59.8 Å². The second-order valence-corrected chi connectivity index (χ2v) is 8.43. The van der Waals surface area contributed by atoms with E-state index in [0.29, 0.717) is 23.6 Å². The van der Waals surface area contributed by atoms with Gasteiger partial charge in [0.05, 0.1) is 20.3 Å². The number of fused-ring (bicyclic) bond motifs is 2. The van der Waals surface area contributed by atoms with Gasteiger partial charge in [-0.25, -0.2) is 0 Å². The van der Waals surface area contributed by atoms with Crippen molar-refractivity contribution < 1.29 is 19.1 Å². The Morgan fingerprint density at radius 1 is 1.16 bits per heavy atom. The lowest BCUT2D eigenvalue weighted by Gasteiger charge is -2.32. The van der Waals surface area contributed by atoms with Crippen LogP contribution in [0.25, 0.3) is 0 Å². The monoisotopic (exact) mass is 422 g/mol. The van der Waals surface area contributed by atoms with Gasteiger partial charge >= 0.3 is 0 Å². The number of carbonyl (C=O) groups is 2. The van der Waals surface area contributed by atoms with Crippen LogP contribution >= 0.6 is 0 Å². The highest BCUT2D eigenvalue weighted by Crippen LogP contribution is 2.39. The zero-order valence-corrected chi connectivity index (χ0v) is 18.6. The number of nitrogens with zero attached hydrogens (tertiary/aromatic N) is 1. The third-order valence-electron chi connectivity index (χ3n) is 6.68. The molecule has 4 rings (SSSR count). The van der Waals surface area contributed by atoms with Crippen molar-refractivity contribution >= 4 is 11.8 Å². The summed E-state index contributed by atoms with van der Waals surface area (Å²) in [5.74, 6) is 1.25. The van der Waals surface area contributed by atoms with Gasteiger partial charge in [-0.2, -0.15) is 0 Å². The maximum absolute atomic E-state index is 13.5. The van der Waals surface area contributed by atoms with Crippen molar-refractivity contribution in [2.24, 2.45) is 5.92 Å². The molecule has 2 amide bonds. The van der Waals surface area contributed by atoms with Crippen LogP contribution in [0, 0.1) is 5.92 Å². The molecule has 6 heteroatoms. The minimum atomic E-state index is -0.505. The highest BCUT2D eigenvalue weighted by atomic mass is 16.5. The molecule has 3 atom stereocenters. The number of carbonyl (C=O) groups excluding carboxylic acids is 2. The average Bonchev–Trinajstić information content (AvgIpc) is 3.33. The Hall–Kier alpha value is -3.02. The van der Waals surface area contributed by atoms with E-state index < -0.39 is 6.04 Å². The van der Waals surface area contributed by atoms with Crippen LogP contribution in [-0.4, -0.2) is 37.0 Å². The van der Waals surface area contributed by atoms with Gasteiger partial charge < -0.3 is 19.7 Å². The SMILES string of the molecule is CC[C@H](C)[C@@H](C(=O)N[C@@H]1CCc2cc(OC)c(OC)cc21)N1Cc2ccccc2C1=O. The van der Waals surface area contributed by atoms with Gasteiger partial charge in [-0.05, 0) is 53.6 Å². The van der Waals surface area contributed by atoms with Crippen molar-refractivity contribution in [2.45, 2.75) is 51.7 Å². The Kier molecular flexibility index (Phi) is 5.90. The molecule has 0 bridgehead atoms. The molecule has 0 fully saturated rings. The highest BCUT2D eigenvalue weighted by Gasteiger charge is 2.40. The fourth-order valence-electron chi connectivity index (χ4n) is 4.77. The lowest BCUT2D eigenvalue weighted by Crippen LogP contribution is -2.51. The van der Waals surface area contributed by atoms with E-state index in [1.165, 1.54) is 0 Å². The van der Waals surface area contributed by atoms with Crippen LogP contribution in [0.4, 0.5) is 0 Å². The van der Waals surface area contributed by atoms with Gasteiger partial charge in [0.2, 0.25) is 5.91 Å². The van der Waals surface area contributed by atoms with Crippen LogP contribution in [0.5, 0.6) is 11.5 Å². The third kappa shape index (κ3) is 3.75. The van der Waals surface area contributed by atoms with Crippen molar-refractivity contribution in [3.05, 3.63) is 58.7 Å². The number of methoxy groups -OCH3 is 2. The van der Waals surface area contributed by atoms with Gasteiger partial charge in [0, 0.05) is 12.1 Å². The molecule has 1 N–H and O–H groups in total. The van der Waals surface area contributed by atoms with Crippen LogP contribution < -0.4 is 14.8 Å². The maximum atomic E-state index is 13.5. The van der Waals surface area contributed by atoms with Gasteiger partial charge in [0.15, 0.2) is 11.5 Å². The summed E-state index contributed by atoms with van der Waals surface area (Å²) >= 11 is 0. The number of amides is 2. The molecule has 2 aromatic rings. The Bertz CT molecular complexity index is 1000. The lowest BCUT2D eigenvalue weighted by atomic mass is 9.96. The molecule has 1 aliphatic heterocycles. The number of nitrogens with one attached hydrogen (secondary N) is 1. The molecule has 0 saturated carbocycles. The van der Waals surface area contributed by atoms with E-state index in [1.807, 2.05) is 43.3 Å². The molecule has 2 aliphatic rings. The average molecular weight is 423 g/mol. The number of hydrogen-bond donors (Lipinski definition) is 1. The van der Waals surface area contributed by atoms with Gasteiger partial charge in [-0.15, -0.1) is 0 Å². The Morgan fingerprint density at radius 2 is 1.87 bits per heavy atom. The lowest BCUT2D eigenvalue weighted by molar-refractivity contribution is -0.128. The van der Waals surface area contributed by atoms with E-state index in [-0.39, 0.29) is 23.8 Å². The minimum absolute atomic E-state index is 0.0459. The molecule has 0 saturated heterocycles. The fraction of sp³-hybridized carbons (Fsp3) is 0.440. The number of rotatable bonds is 7. The zero-order valence-electron chi connectivity index (χ0n) is 18.6. The van der Waals surface area contributed by atoms with Crippen molar-refractivity contribution in [3.8, 4) is 11.5 Å². The van der Waals surface area contributed by atoms with Crippen molar-refractivity contribution in [1.82, 2.24) is 10.2 Å². The standard InChI is InChI=1S/C25H30N2O4/c1-5-15(2)23(27-14-17-8-6-7-9-18(17)25(27)29)24(28)26-20-11-10-16-12-21(30-3)22(31-4)13-19(16)20/h6-9,12-13,15,20,23H,5,10-11,14H2,1-4H3,(H,26,28)/t15-,20+,23-/m0/s1. The topological polar surface area (TPSA) is 67.9 Å². The van der Waals surface area contributed by atoms with Crippen LogP contribution in [0.3, 0.4) is 0 Å². The first-order chi connectivity index (χ1) is 15.0. The molecule has 0 unspecified atom stereocenters. The molecular weight excluding hydrogens is 392 g/mol. The summed E-state index contributed by atoms with van der Waals surface area (Å²) < 4.78 is 10.9. The zero-order chi connectivity index (χ0) is 22.1. The molecule has 31 heavy (non-hydrogen) atoms. The number of hydrogen-bond acceptors (Lipinski definition) is 4. The smallest absolute Gasteiger partial charge is 0.255 e. The van der Waals surface area contributed by atoms with E-state index >= 15 is 0 Å². The molecule has 0 spiro atoms. The molecule has 1 aliphatic carbocycles. The van der Waals surface area contributed by atoms with Gasteiger partial charge in [-0.3, -0.25) is 9.59 Å². The maximum Gasteiger partial charge on any atom is 0.255 e. The quantitative estimate of drug-likeness (QED) is 0.735. The Morgan fingerprint density at radius 3 is 2.55 bits per heavy atom. The molecule has 1 heterocycles. The van der Waals surface area contributed by atoms with Crippen LogP contribution in [0.2, 0.25) is 0 Å². The van der Waals surface area contributed by atoms with Crippen molar-refractivity contribution in [3.63, 3.8) is 0 Å². The largest absolute Gasteiger partial charge is 0.493 e. The molecule has 0 radical (unpaired) electrons. The Labute approximate surface area is 183 Å². The number of benzene rings is 2. The first kappa shape index (κ1) is 21.2. The second kappa shape index (κ2) is 8.61. The van der Waals surface area contributed by atoms with Gasteiger partial charge in [-0.1, -0.05) is 38.5 Å². The molecular formula is C25H30N2O4. The Balaban J connectivity index is 1.58. The third-order valence-corrected chi connectivity index (χ3v) is 6.68. The fourth-order valence-corrected chi connectivity index (χ4v) is 4.77. The van der Waals surface area contributed by atoms with Crippen molar-refractivity contribution in [2.75, 3.05) is 14.2 Å². The molecule has 2 aromatic carbocycles. The second-order valence-electron chi connectivity index (χ2n) is 8.43. The molecule has 164 valence electrons. The van der Waals surface area contributed by atoms with E-state index in [4.69, 9.17) is 9.47 Å². The predicted molar refractivity (Wildman–Crippen MR) is 118 cm³/mol. The summed E-state index contributed by atoms with van der Waals surface area (Å²) in [5.41, 5.74) is 3.90. The van der Waals surface area contributed by atoms with Crippen LogP contribution in [0.15, 0.2) is 36.4 Å².